The highest BCUT2D eigenvalue weighted by Gasteiger charge is 2.35. The number of nitrogens with zero attached hydrogens (tertiary/aromatic N) is 1. The van der Waals surface area contributed by atoms with Crippen LogP contribution in [0.4, 0.5) is 0 Å². The van der Waals surface area contributed by atoms with E-state index in [9.17, 15) is 14.4 Å². The predicted octanol–water partition coefficient (Wildman–Crippen LogP) is 0.227. The molecule has 0 aromatic heterocycles. The zero-order valence-corrected chi connectivity index (χ0v) is 14.0. The number of carbonyl (C=O) groups excluding carboxylic acids is 3. The van der Waals surface area contributed by atoms with Gasteiger partial charge >= 0.3 is 0 Å². The zero-order chi connectivity index (χ0) is 17.5. The van der Waals surface area contributed by atoms with Crippen molar-refractivity contribution in [1.29, 1.82) is 0 Å². The summed E-state index contributed by atoms with van der Waals surface area (Å²) in [6.45, 7) is 0.244. The molecule has 1 aromatic rings. The first-order valence-electron chi connectivity index (χ1n) is 7.93. The van der Waals surface area contributed by atoms with Crippen LogP contribution >= 0.6 is 0 Å². The molecule has 1 aliphatic heterocycles. The molecule has 2 atom stereocenters. The fraction of sp³-hybridized carbons (Fsp3) is 0.471. The Labute approximate surface area is 141 Å². The molecule has 0 bridgehead atoms. The van der Waals surface area contributed by atoms with Crippen LogP contribution in [0, 0.1) is 0 Å². The molecule has 2 rings (SSSR count). The molecule has 7 nitrogen and oxygen atoms in total. The topological polar surface area (TPSA) is 87.7 Å². The van der Waals surface area contributed by atoms with E-state index in [1.165, 1.54) is 4.90 Å². The highest BCUT2D eigenvalue weighted by Crippen LogP contribution is 2.22. The highest BCUT2D eigenvalue weighted by molar-refractivity contribution is 5.86. The Kier molecular flexibility index (Phi) is 6.31. The number of carbonyl (C=O) groups is 3. The maximum atomic E-state index is 12.4. The van der Waals surface area contributed by atoms with Gasteiger partial charge in [0.1, 0.15) is 6.61 Å². The van der Waals surface area contributed by atoms with Gasteiger partial charge in [-0.1, -0.05) is 30.3 Å². The van der Waals surface area contributed by atoms with Gasteiger partial charge in [-0.3, -0.25) is 14.4 Å². The summed E-state index contributed by atoms with van der Waals surface area (Å²) in [6.07, 6.45) is 0.143. The maximum Gasteiger partial charge on any atom is 0.251 e. The Hall–Kier alpha value is -2.41. The minimum atomic E-state index is -0.783. The van der Waals surface area contributed by atoms with Crippen molar-refractivity contribution in [1.82, 2.24) is 15.5 Å². The number of hydrogen-bond donors (Lipinski definition) is 2. The Balaban J connectivity index is 1.91. The molecule has 7 heteroatoms. The van der Waals surface area contributed by atoms with E-state index in [-0.39, 0.29) is 24.3 Å². The second-order valence-electron chi connectivity index (χ2n) is 5.87. The predicted molar refractivity (Wildman–Crippen MR) is 88.0 cm³/mol. The first-order valence-corrected chi connectivity index (χ1v) is 7.93. The monoisotopic (exact) mass is 333 g/mol. The molecule has 1 aromatic carbocycles. The summed E-state index contributed by atoms with van der Waals surface area (Å²) < 4.78 is 5.44. The summed E-state index contributed by atoms with van der Waals surface area (Å²) in [6, 6.07) is 8.73. The average molecular weight is 333 g/mol. The third-order valence-corrected chi connectivity index (χ3v) is 3.80. The summed E-state index contributed by atoms with van der Waals surface area (Å²) in [5.74, 6) is -0.516. The molecule has 1 saturated heterocycles. The number of benzene rings is 1. The summed E-state index contributed by atoms with van der Waals surface area (Å²) in [5, 5.41) is 5.58. The normalized spacial score (nSPS) is 20.2. The molecule has 1 heterocycles. The number of hydrogen-bond acceptors (Lipinski definition) is 4. The van der Waals surface area contributed by atoms with Crippen molar-refractivity contribution in [2.75, 3.05) is 27.2 Å². The SMILES string of the molecule is CN(C)C(=O)CCCNC(=O)C1OCC(=O)NC1c1ccccc1. The van der Waals surface area contributed by atoms with Crippen LogP contribution in [-0.4, -0.2) is 56.0 Å². The van der Waals surface area contributed by atoms with Crippen LogP contribution in [0.25, 0.3) is 0 Å². The van der Waals surface area contributed by atoms with Crippen LogP contribution in [0.5, 0.6) is 0 Å². The summed E-state index contributed by atoms with van der Waals surface area (Å²) >= 11 is 0. The lowest BCUT2D eigenvalue weighted by Crippen LogP contribution is -2.52. The van der Waals surface area contributed by atoms with Crippen LogP contribution in [0.3, 0.4) is 0 Å². The third-order valence-electron chi connectivity index (χ3n) is 3.80. The van der Waals surface area contributed by atoms with Crippen molar-refractivity contribution in [3.05, 3.63) is 35.9 Å². The van der Waals surface area contributed by atoms with E-state index < -0.39 is 12.1 Å². The van der Waals surface area contributed by atoms with Gasteiger partial charge < -0.3 is 20.3 Å². The smallest absolute Gasteiger partial charge is 0.251 e. The van der Waals surface area contributed by atoms with Gasteiger partial charge in [-0.05, 0) is 12.0 Å². The standard InChI is InChI=1S/C17H23N3O4/c1-20(2)14(22)9-6-10-18-17(23)16-15(19-13(21)11-24-16)12-7-4-3-5-8-12/h3-5,7-8,15-16H,6,9-11H2,1-2H3,(H,18,23)(H,19,21). The average Bonchev–Trinajstić information content (AvgIpc) is 2.58. The fourth-order valence-electron chi connectivity index (χ4n) is 2.47. The van der Waals surface area contributed by atoms with Gasteiger partial charge in [-0.15, -0.1) is 0 Å². The second kappa shape index (κ2) is 8.44. The first-order chi connectivity index (χ1) is 11.5. The van der Waals surface area contributed by atoms with Crippen LogP contribution < -0.4 is 10.6 Å². The lowest BCUT2D eigenvalue weighted by Gasteiger charge is -2.31. The molecular formula is C17H23N3O4. The molecule has 130 valence electrons. The Bertz CT molecular complexity index is 589. The van der Waals surface area contributed by atoms with Crippen molar-refractivity contribution < 1.29 is 19.1 Å². The van der Waals surface area contributed by atoms with Crippen molar-refractivity contribution in [2.45, 2.75) is 25.0 Å². The van der Waals surface area contributed by atoms with Crippen LogP contribution in [-0.2, 0) is 19.1 Å². The fourth-order valence-corrected chi connectivity index (χ4v) is 2.47. The molecule has 0 aliphatic carbocycles. The minimum Gasteiger partial charge on any atom is -0.356 e. The van der Waals surface area contributed by atoms with Crippen LogP contribution in [0.1, 0.15) is 24.4 Å². The number of amides is 3. The number of rotatable bonds is 6. The van der Waals surface area contributed by atoms with E-state index in [2.05, 4.69) is 10.6 Å². The zero-order valence-electron chi connectivity index (χ0n) is 14.0. The number of nitrogens with one attached hydrogen (secondary N) is 2. The summed E-state index contributed by atoms with van der Waals surface area (Å²) in [4.78, 5) is 37.0. The lowest BCUT2D eigenvalue weighted by molar-refractivity contribution is -0.148. The van der Waals surface area contributed by atoms with Crippen molar-refractivity contribution in [3.8, 4) is 0 Å². The molecule has 0 radical (unpaired) electrons. The molecule has 0 spiro atoms. The van der Waals surface area contributed by atoms with Crippen LogP contribution in [0.15, 0.2) is 30.3 Å². The molecule has 2 unspecified atom stereocenters. The van der Waals surface area contributed by atoms with Gasteiger partial charge in [0, 0.05) is 27.1 Å². The van der Waals surface area contributed by atoms with Gasteiger partial charge in [0.2, 0.25) is 11.8 Å². The van der Waals surface area contributed by atoms with Crippen molar-refractivity contribution >= 4 is 17.7 Å². The molecule has 1 aliphatic rings. The second-order valence-corrected chi connectivity index (χ2v) is 5.87. The maximum absolute atomic E-state index is 12.4. The highest BCUT2D eigenvalue weighted by atomic mass is 16.5. The molecule has 24 heavy (non-hydrogen) atoms. The van der Waals surface area contributed by atoms with E-state index in [1.54, 1.807) is 14.1 Å². The van der Waals surface area contributed by atoms with Crippen molar-refractivity contribution in [3.63, 3.8) is 0 Å². The molecule has 2 N–H and O–H groups in total. The van der Waals surface area contributed by atoms with E-state index >= 15 is 0 Å². The van der Waals surface area contributed by atoms with E-state index in [1.807, 2.05) is 30.3 Å². The van der Waals surface area contributed by atoms with Crippen LogP contribution in [0.2, 0.25) is 0 Å². The van der Waals surface area contributed by atoms with Gasteiger partial charge in [-0.2, -0.15) is 0 Å². The minimum absolute atomic E-state index is 0.0209. The third kappa shape index (κ3) is 4.79. The Morgan fingerprint density at radius 2 is 2.00 bits per heavy atom. The van der Waals surface area contributed by atoms with Crippen molar-refractivity contribution in [2.24, 2.45) is 0 Å². The number of ether oxygens (including phenoxy) is 1. The lowest BCUT2D eigenvalue weighted by atomic mass is 9.99. The quantitative estimate of drug-likeness (QED) is 0.730. The molecule has 3 amide bonds. The van der Waals surface area contributed by atoms with Gasteiger partial charge in [-0.25, -0.2) is 0 Å². The van der Waals surface area contributed by atoms with Gasteiger partial charge in [0.15, 0.2) is 6.10 Å². The van der Waals surface area contributed by atoms with E-state index in [4.69, 9.17) is 4.74 Å². The van der Waals surface area contributed by atoms with Gasteiger partial charge in [0.25, 0.3) is 5.91 Å². The van der Waals surface area contributed by atoms with E-state index in [0.717, 1.165) is 5.56 Å². The molecular weight excluding hydrogens is 310 g/mol. The Morgan fingerprint density at radius 3 is 2.67 bits per heavy atom. The summed E-state index contributed by atoms with van der Waals surface area (Å²) in [7, 11) is 3.40. The Morgan fingerprint density at radius 1 is 1.29 bits per heavy atom. The van der Waals surface area contributed by atoms with Gasteiger partial charge in [0.05, 0.1) is 6.04 Å². The largest absolute Gasteiger partial charge is 0.356 e. The molecule has 0 saturated carbocycles. The number of morpholine rings is 1. The van der Waals surface area contributed by atoms with E-state index in [0.29, 0.717) is 19.4 Å². The summed E-state index contributed by atoms with van der Waals surface area (Å²) in [5.41, 5.74) is 0.813. The first kappa shape index (κ1) is 17.9. The molecule has 1 fully saturated rings.